The second-order valence-corrected chi connectivity index (χ2v) is 6.23. The Morgan fingerprint density at radius 3 is 2.19 bits per heavy atom. The van der Waals surface area contributed by atoms with Crippen LogP contribution in [0.2, 0.25) is 0 Å². The van der Waals surface area contributed by atoms with E-state index in [1.54, 1.807) is 0 Å². The van der Waals surface area contributed by atoms with Crippen molar-refractivity contribution in [3.8, 4) is 5.75 Å². The van der Waals surface area contributed by atoms with E-state index in [0.29, 0.717) is 5.69 Å². The second kappa shape index (κ2) is 8.76. The maximum atomic E-state index is 12.0. The Hall–Kier alpha value is -3.47. The van der Waals surface area contributed by atoms with Crippen LogP contribution < -0.4 is 20.7 Å². The molecule has 5 nitrogen and oxygen atoms in total. The van der Waals surface area contributed by atoms with Crippen LogP contribution in [0.15, 0.2) is 72.8 Å². The molecular formula is C22H23N3O2. The van der Waals surface area contributed by atoms with E-state index < -0.39 is 0 Å². The number of nitrogens with one attached hydrogen (secondary N) is 3. The number of hydrogen-bond acceptors (Lipinski definition) is 3. The van der Waals surface area contributed by atoms with Crippen LogP contribution in [0, 0.1) is 13.8 Å². The Labute approximate surface area is 159 Å². The number of carbonyl (C=O) groups is 1. The molecule has 3 N–H and O–H groups in total. The summed E-state index contributed by atoms with van der Waals surface area (Å²) in [6, 6.07) is 22.9. The van der Waals surface area contributed by atoms with Crippen LogP contribution in [0.1, 0.15) is 11.1 Å². The Bertz CT molecular complexity index is 893. The van der Waals surface area contributed by atoms with E-state index in [9.17, 15) is 4.79 Å². The molecule has 5 heteroatoms. The number of ether oxygens (including phenoxy) is 1. The SMILES string of the molecule is Cc1ccc(OCNC(=O)Nc2ccc(Nc3ccccc3)cc2)cc1C. The summed E-state index contributed by atoms with van der Waals surface area (Å²) in [6.45, 7) is 4.17. The summed E-state index contributed by atoms with van der Waals surface area (Å²) in [6.07, 6.45) is 0. The third-order valence-electron chi connectivity index (χ3n) is 4.16. The lowest BCUT2D eigenvalue weighted by Crippen LogP contribution is -2.32. The van der Waals surface area contributed by atoms with Crippen LogP contribution in [0.4, 0.5) is 21.9 Å². The summed E-state index contributed by atoms with van der Waals surface area (Å²) < 4.78 is 5.55. The Morgan fingerprint density at radius 2 is 1.48 bits per heavy atom. The molecule has 27 heavy (non-hydrogen) atoms. The highest BCUT2D eigenvalue weighted by molar-refractivity contribution is 5.89. The van der Waals surface area contributed by atoms with E-state index in [1.165, 1.54) is 5.56 Å². The Balaban J connectivity index is 1.45. The third kappa shape index (κ3) is 5.51. The van der Waals surface area contributed by atoms with Gasteiger partial charge in [0.25, 0.3) is 0 Å². The molecule has 0 radical (unpaired) electrons. The second-order valence-electron chi connectivity index (χ2n) is 6.23. The summed E-state index contributed by atoms with van der Waals surface area (Å²) >= 11 is 0. The van der Waals surface area contributed by atoms with Gasteiger partial charge in [0, 0.05) is 17.1 Å². The van der Waals surface area contributed by atoms with Gasteiger partial charge in [-0.1, -0.05) is 24.3 Å². The first-order valence-corrected chi connectivity index (χ1v) is 8.77. The van der Waals surface area contributed by atoms with Crippen LogP contribution in [0.25, 0.3) is 0 Å². The zero-order chi connectivity index (χ0) is 19.1. The van der Waals surface area contributed by atoms with Gasteiger partial charge in [0.15, 0.2) is 6.73 Å². The normalized spacial score (nSPS) is 10.1. The molecule has 0 spiro atoms. The molecule has 3 aromatic carbocycles. The first kappa shape index (κ1) is 18.3. The number of rotatable bonds is 6. The maximum Gasteiger partial charge on any atom is 0.321 e. The first-order chi connectivity index (χ1) is 13.1. The average Bonchev–Trinajstić information content (AvgIpc) is 2.67. The molecule has 0 unspecified atom stereocenters. The van der Waals surface area contributed by atoms with Gasteiger partial charge in [-0.2, -0.15) is 0 Å². The van der Waals surface area contributed by atoms with E-state index in [0.717, 1.165) is 22.7 Å². The number of urea groups is 1. The zero-order valence-corrected chi connectivity index (χ0v) is 15.5. The molecule has 138 valence electrons. The van der Waals surface area contributed by atoms with Gasteiger partial charge in [-0.25, -0.2) is 4.79 Å². The van der Waals surface area contributed by atoms with E-state index >= 15 is 0 Å². The fraction of sp³-hybridized carbons (Fsp3) is 0.136. The summed E-state index contributed by atoms with van der Waals surface area (Å²) in [5.74, 6) is 0.731. The highest BCUT2D eigenvalue weighted by Gasteiger charge is 2.03. The fourth-order valence-corrected chi connectivity index (χ4v) is 2.49. The highest BCUT2D eigenvalue weighted by Crippen LogP contribution is 2.19. The lowest BCUT2D eigenvalue weighted by molar-refractivity contribution is 0.234. The van der Waals surface area contributed by atoms with Gasteiger partial charge in [0.2, 0.25) is 0 Å². The van der Waals surface area contributed by atoms with E-state index in [4.69, 9.17) is 4.74 Å². The predicted molar refractivity (Wildman–Crippen MR) is 110 cm³/mol. The van der Waals surface area contributed by atoms with Crippen molar-refractivity contribution in [3.63, 3.8) is 0 Å². The molecule has 0 saturated heterocycles. The minimum Gasteiger partial charge on any atom is -0.473 e. The van der Waals surface area contributed by atoms with Crippen molar-refractivity contribution < 1.29 is 9.53 Å². The van der Waals surface area contributed by atoms with Crippen molar-refractivity contribution in [2.24, 2.45) is 0 Å². The topological polar surface area (TPSA) is 62.4 Å². The molecule has 0 heterocycles. The zero-order valence-electron chi connectivity index (χ0n) is 15.5. The van der Waals surface area contributed by atoms with Gasteiger partial charge in [0.05, 0.1) is 0 Å². The molecule has 0 saturated carbocycles. The van der Waals surface area contributed by atoms with Gasteiger partial charge in [0.1, 0.15) is 5.75 Å². The lowest BCUT2D eigenvalue weighted by atomic mass is 10.1. The van der Waals surface area contributed by atoms with E-state index in [2.05, 4.69) is 16.0 Å². The molecule has 0 atom stereocenters. The summed E-state index contributed by atoms with van der Waals surface area (Å²) in [5.41, 5.74) is 5.03. The molecule has 2 amide bonds. The number of carbonyl (C=O) groups excluding carboxylic acids is 1. The number of hydrogen-bond donors (Lipinski definition) is 3. The number of anilines is 3. The molecule has 0 aliphatic rings. The lowest BCUT2D eigenvalue weighted by Gasteiger charge is -2.11. The monoisotopic (exact) mass is 361 g/mol. The molecule has 3 aromatic rings. The molecule has 3 rings (SSSR count). The molecule has 0 aliphatic heterocycles. The number of aryl methyl sites for hydroxylation is 2. The average molecular weight is 361 g/mol. The predicted octanol–water partition coefficient (Wildman–Crippen LogP) is 5.21. The first-order valence-electron chi connectivity index (χ1n) is 8.77. The largest absolute Gasteiger partial charge is 0.473 e. The molecule has 0 fully saturated rings. The number of para-hydroxylation sites is 1. The van der Waals surface area contributed by atoms with E-state index in [1.807, 2.05) is 86.6 Å². The smallest absolute Gasteiger partial charge is 0.321 e. The minimum atomic E-state index is -0.317. The molecular weight excluding hydrogens is 338 g/mol. The summed E-state index contributed by atoms with van der Waals surface area (Å²) in [4.78, 5) is 12.0. The van der Waals surface area contributed by atoms with Crippen molar-refractivity contribution >= 4 is 23.1 Å². The van der Waals surface area contributed by atoms with Crippen molar-refractivity contribution in [1.29, 1.82) is 0 Å². The van der Waals surface area contributed by atoms with Crippen LogP contribution >= 0.6 is 0 Å². The van der Waals surface area contributed by atoms with Crippen molar-refractivity contribution in [2.75, 3.05) is 17.4 Å². The standard InChI is InChI=1S/C22H23N3O2/c1-16-8-13-21(14-17(16)2)27-15-23-22(26)25-20-11-9-19(10-12-20)24-18-6-4-3-5-7-18/h3-14,24H,15H2,1-2H3,(H2,23,25,26). The third-order valence-corrected chi connectivity index (χ3v) is 4.16. The number of benzene rings is 3. The van der Waals surface area contributed by atoms with Gasteiger partial charge in [-0.05, 0) is 73.5 Å². The number of amides is 2. The van der Waals surface area contributed by atoms with Crippen LogP contribution in [0.3, 0.4) is 0 Å². The minimum absolute atomic E-state index is 0.0992. The van der Waals surface area contributed by atoms with Crippen molar-refractivity contribution in [3.05, 3.63) is 83.9 Å². The van der Waals surface area contributed by atoms with Gasteiger partial charge in [-0.15, -0.1) is 0 Å². The van der Waals surface area contributed by atoms with Crippen LogP contribution in [-0.2, 0) is 0 Å². The van der Waals surface area contributed by atoms with Gasteiger partial charge < -0.3 is 20.7 Å². The van der Waals surface area contributed by atoms with Crippen LogP contribution in [-0.4, -0.2) is 12.8 Å². The Kier molecular flexibility index (Phi) is 5.94. The summed E-state index contributed by atoms with van der Waals surface area (Å²) in [5, 5.41) is 8.76. The van der Waals surface area contributed by atoms with Crippen LogP contribution in [0.5, 0.6) is 5.75 Å². The fourth-order valence-electron chi connectivity index (χ4n) is 2.49. The Morgan fingerprint density at radius 1 is 0.815 bits per heavy atom. The molecule has 0 aromatic heterocycles. The molecule has 0 bridgehead atoms. The van der Waals surface area contributed by atoms with Gasteiger partial charge in [-0.3, -0.25) is 0 Å². The van der Waals surface area contributed by atoms with Crippen molar-refractivity contribution in [1.82, 2.24) is 5.32 Å². The van der Waals surface area contributed by atoms with Gasteiger partial charge >= 0.3 is 6.03 Å². The quantitative estimate of drug-likeness (QED) is 0.529. The molecule has 0 aliphatic carbocycles. The highest BCUT2D eigenvalue weighted by atomic mass is 16.5. The van der Waals surface area contributed by atoms with Crippen molar-refractivity contribution in [2.45, 2.75) is 13.8 Å². The maximum absolute atomic E-state index is 12.0. The summed E-state index contributed by atoms with van der Waals surface area (Å²) in [7, 11) is 0. The van der Waals surface area contributed by atoms with E-state index in [-0.39, 0.29) is 12.8 Å².